The lowest BCUT2D eigenvalue weighted by atomic mass is 10.1. The molecule has 0 bridgehead atoms. The third kappa shape index (κ3) is 5.80. The Morgan fingerprint density at radius 3 is 2.77 bits per heavy atom. The minimum absolute atomic E-state index is 0.0425. The summed E-state index contributed by atoms with van der Waals surface area (Å²) in [5.41, 5.74) is 1.68. The lowest BCUT2D eigenvalue weighted by molar-refractivity contribution is -0.112. The van der Waals surface area contributed by atoms with Crippen LogP contribution in [0.3, 0.4) is 0 Å². The smallest absolute Gasteiger partial charge is 0.268 e. The molecule has 1 aromatic heterocycles. The number of rotatable bonds is 8. The highest BCUT2D eigenvalue weighted by Gasteiger charge is 2.13. The summed E-state index contributed by atoms with van der Waals surface area (Å²) in [6, 6.07) is 16.7. The molecule has 0 spiro atoms. The molecule has 2 aromatic carbocycles. The van der Waals surface area contributed by atoms with Crippen LogP contribution >= 0.6 is 22.9 Å². The number of carbonyl (C=O) groups excluding carboxylic acids is 1. The Kier molecular flexibility index (Phi) is 7.39. The summed E-state index contributed by atoms with van der Waals surface area (Å²) < 4.78 is 5.57. The van der Waals surface area contributed by atoms with Gasteiger partial charge in [0.05, 0.1) is 0 Å². The van der Waals surface area contributed by atoms with E-state index in [0.29, 0.717) is 34.5 Å². The molecule has 1 amide bonds. The van der Waals surface area contributed by atoms with Crippen molar-refractivity contribution in [2.24, 2.45) is 0 Å². The molecule has 30 heavy (non-hydrogen) atoms. The van der Waals surface area contributed by atoms with Crippen molar-refractivity contribution < 1.29 is 9.53 Å². The maximum absolute atomic E-state index is 12.6. The number of thiazole rings is 1. The van der Waals surface area contributed by atoms with Crippen LogP contribution in [0.15, 0.2) is 73.0 Å². The topological polar surface area (TPSA) is 75.0 Å². The quantitative estimate of drug-likeness (QED) is 0.288. The normalized spacial score (nSPS) is 10.9. The molecule has 5 nitrogen and oxygen atoms in total. The SMILES string of the molecule is C=CCOc1ccccc1/C=C(\C#N)C(=O)Nc1ncc(Cc2ccc(Cl)cc2)s1. The third-order valence-electron chi connectivity index (χ3n) is 4.01. The molecule has 7 heteroatoms. The van der Waals surface area contributed by atoms with Crippen molar-refractivity contribution in [3.05, 3.63) is 94.0 Å². The molecular formula is C23H18ClN3O2S. The third-order valence-corrected chi connectivity index (χ3v) is 5.17. The second kappa shape index (κ2) is 10.4. The van der Waals surface area contributed by atoms with Crippen LogP contribution in [-0.4, -0.2) is 17.5 Å². The molecule has 0 radical (unpaired) electrons. The number of nitrogens with zero attached hydrogens (tertiary/aromatic N) is 2. The van der Waals surface area contributed by atoms with E-state index in [0.717, 1.165) is 10.4 Å². The first kappa shape index (κ1) is 21.3. The predicted molar refractivity (Wildman–Crippen MR) is 121 cm³/mol. The van der Waals surface area contributed by atoms with Crippen molar-refractivity contribution in [2.75, 3.05) is 11.9 Å². The van der Waals surface area contributed by atoms with Gasteiger partial charge in [-0.1, -0.05) is 54.6 Å². The van der Waals surface area contributed by atoms with Crippen molar-refractivity contribution in [1.82, 2.24) is 4.98 Å². The number of nitriles is 1. The van der Waals surface area contributed by atoms with Gasteiger partial charge in [0.25, 0.3) is 5.91 Å². The number of ether oxygens (including phenoxy) is 1. The molecule has 3 rings (SSSR count). The average molecular weight is 436 g/mol. The summed E-state index contributed by atoms with van der Waals surface area (Å²) in [5, 5.41) is 13.3. The van der Waals surface area contributed by atoms with Crippen LogP contribution in [0.1, 0.15) is 16.0 Å². The van der Waals surface area contributed by atoms with Crippen LogP contribution in [0.2, 0.25) is 5.02 Å². The first-order valence-corrected chi connectivity index (χ1v) is 10.2. The van der Waals surface area contributed by atoms with E-state index in [1.165, 1.54) is 17.4 Å². The summed E-state index contributed by atoms with van der Waals surface area (Å²) in [7, 11) is 0. The van der Waals surface area contributed by atoms with Crippen molar-refractivity contribution in [1.29, 1.82) is 5.26 Å². The Bertz CT molecular complexity index is 1110. The molecule has 3 aromatic rings. The van der Waals surface area contributed by atoms with E-state index in [9.17, 15) is 10.1 Å². The van der Waals surface area contributed by atoms with E-state index in [4.69, 9.17) is 16.3 Å². The number of hydrogen-bond acceptors (Lipinski definition) is 5. The minimum atomic E-state index is -0.525. The molecule has 0 aliphatic carbocycles. The Balaban J connectivity index is 1.71. The molecule has 0 aliphatic heterocycles. The lowest BCUT2D eigenvalue weighted by Gasteiger charge is -2.07. The molecule has 0 saturated heterocycles. The van der Waals surface area contributed by atoms with Crippen LogP contribution in [0.4, 0.5) is 5.13 Å². The van der Waals surface area contributed by atoms with Crippen LogP contribution in [0, 0.1) is 11.3 Å². The van der Waals surface area contributed by atoms with E-state index in [1.54, 1.807) is 24.4 Å². The van der Waals surface area contributed by atoms with E-state index in [1.807, 2.05) is 42.5 Å². The highest BCUT2D eigenvalue weighted by Crippen LogP contribution is 2.24. The second-order valence-corrected chi connectivity index (χ2v) is 7.75. The van der Waals surface area contributed by atoms with Gasteiger partial charge in [0.2, 0.25) is 0 Å². The Labute approximate surface area is 183 Å². The molecule has 1 heterocycles. The number of halogens is 1. The predicted octanol–water partition coefficient (Wildman–Crippen LogP) is 5.50. The number of amides is 1. The number of aromatic nitrogens is 1. The van der Waals surface area contributed by atoms with Gasteiger partial charge in [0.15, 0.2) is 5.13 Å². The summed E-state index contributed by atoms with van der Waals surface area (Å²) >= 11 is 7.27. The molecule has 0 fully saturated rings. The number of para-hydroxylation sites is 1. The maximum atomic E-state index is 12.6. The monoisotopic (exact) mass is 435 g/mol. The lowest BCUT2D eigenvalue weighted by Crippen LogP contribution is -2.13. The van der Waals surface area contributed by atoms with Gasteiger partial charge in [-0.3, -0.25) is 10.1 Å². The highest BCUT2D eigenvalue weighted by molar-refractivity contribution is 7.15. The number of anilines is 1. The van der Waals surface area contributed by atoms with Gasteiger partial charge >= 0.3 is 0 Å². The van der Waals surface area contributed by atoms with E-state index in [-0.39, 0.29) is 5.57 Å². The molecule has 0 atom stereocenters. The van der Waals surface area contributed by atoms with E-state index >= 15 is 0 Å². The summed E-state index contributed by atoms with van der Waals surface area (Å²) in [4.78, 5) is 17.8. The molecular weight excluding hydrogens is 418 g/mol. The van der Waals surface area contributed by atoms with Gasteiger partial charge in [-0.2, -0.15) is 5.26 Å². The molecule has 1 N–H and O–H groups in total. The Hall–Kier alpha value is -3.40. The fourth-order valence-corrected chi connectivity index (χ4v) is 3.57. The fraction of sp³-hybridized carbons (Fsp3) is 0.0870. The second-order valence-electron chi connectivity index (χ2n) is 6.20. The first-order chi connectivity index (χ1) is 14.6. The first-order valence-electron chi connectivity index (χ1n) is 9.04. The van der Waals surface area contributed by atoms with E-state index < -0.39 is 5.91 Å². The van der Waals surface area contributed by atoms with Gasteiger partial charge in [0, 0.05) is 28.1 Å². The van der Waals surface area contributed by atoms with Crippen LogP contribution < -0.4 is 10.1 Å². The Morgan fingerprint density at radius 2 is 2.03 bits per heavy atom. The van der Waals surface area contributed by atoms with Crippen molar-refractivity contribution in [2.45, 2.75) is 6.42 Å². The van der Waals surface area contributed by atoms with Crippen LogP contribution in [-0.2, 0) is 11.2 Å². The van der Waals surface area contributed by atoms with Crippen molar-refractivity contribution >= 4 is 40.1 Å². The standard InChI is InChI=1S/C23H18ClN3O2S/c1-2-11-29-21-6-4-3-5-17(21)13-18(14-25)22(28)27-23-26-15-20(30-23)12-16-7-9-19(24)10-8-16/h2-10,13,15H,1,11-12H2,(H,26,27,28)/b18-13+. The zero-order chi connectivity index (χ0) is 21.3. The van der Waals surface area contributed by atoms with Crippen LogP contribution in [0.5, 0.6) is 5.75 Å². The highest BCUT2D eigenvalue weighted by atomic mass is 35.5. The number of hydrogen-bond donors (Lipinski definition) is 1. The average Bonchev–Trinajstić information content (AvgIpc) is 3.19. The number of benzene rings is 2. The van der Waals surface area contributed by atoms with Gasteiger partial charge < -0.3 is 4.74 Å². The van der Waals surface area contributed by atoms with Gasteiger partial charge in [-0.05, 0) is 29.8 Å². The summed E-state index contributed by atoms with van der Waals surface area (Å²) in [6.45, 7) is 3.95. The van der Waals surface area contributed by atoms with Crippen molar-refractivity contribution in [3.63, 3.8) is 0 Å². The minimum Gasteiger partial charge on any atom is -0.489 e. The van der Waals surface area contributed by atoms with Crippen molar-refractivity contribution in [3.8, 4) is 11.8 Å². The zero-order valence-corrected chi connectivity index (χ0v) is 17.5. The molecule has 150 valence electrons. The molecule has 0 saturated carbocycles. The largest absolute Gasteiger partial charge is 0.489 e. The molecule has 0 unspecified atom stereocenters. The maximum Gasteiger partial charge on any atom is 0.268 e. The Morgan fingerprint density at radius 1 is 1.27 bits per heavy atom. The van der Waals surface area contributed by atoms with Gasteiger partial charge in [-0.15, -0.1) is 11.3 Å². The summed E-state index contributed by atoms with van der Waals surface area (Å²) in [6.07, 6.45) is 5.52. The zero-order valence-electron chi connectivity index (χ0n) is 16.0. The fourth-order valence-electron chi connectivity index (χ4n) is 2.60. The van der Waals surface area contributed by atoms with Gasteiger partial charge in [-0.25, -0.2) is 4.98 Å². The number of carbonyl (C=O) groups is 1. The van der Waals surface area contributed by atoms with Gasteiger partial charge in [0.1, 0.15) is 24.0 Å². The van der Waals surface area contributed by atoms with Crippen LogP contribution in [0.25, 0.3) is 6.08 Å². The molecule has 0 aliphatic rings. The summed E-state index contributed by atoms with van der Waals surface area (Å²) in [5.74, 6) is 0.0425. The number of nitrogens with one attached hydrogen (secondary N) is 1. The van der Waals surface area contributed by atoms with E-state index in [2.05, 4.69) is 16.9 Å².